The number of carbonyl (C=O) groups excluding carboxylic acids is 3. The Morgan fingerprint density at radius 3 is 2.24 bits per heavy atom. The maximum Gasteiger partial charge on any atom is 0.261 e. The third-order valence-electron chi connectivity index (χ3n) is 5.22. The van der Waals surface area contributed by atoms with Crippen molar-refractivity contribution in [3.8, 4) is 0 Å². The van der Waals surface area contributed by atoms with Crippen molar-refractivity contribution in [2.24, 2.45) is 0 Å². The van der Waals surface area contributed by atoms with Crippen LogP contribution < -0.4 is 5.32 Å². The molecule has 0 unspecified atom stereocenters. The van der Waals surface area contributed by atoms with Crippen molar-refractivity contribution in [3.63, 3.8) is 0 Å². The molecule has 34 heavy (non-hydrogen) atoms. The van der Waals surface area contributed by atoms with Crippen molar-refractivity contribution < 1.29 is 31.9 Å². The summed E-state index contributed by atoms with van der Waals surface area (Å²) in [6.07, 6.45) is 0. The lowest BCUT2D eigenvalue weighted by Gasteiger charge is -2.16. The standard InChI is InChI=1S/C25H16F4N2O3/c26-16-9-15(10-17(27)11-16)18-12-31(13-21(32)14-5-2-1-3-6-14)25(34)22(18)24(33)30-20-8-4-7-19(28)23(20)29/h1-11H,12-13H2,(H,30,33). The molecule has 4 rings (SSSR count). The molecule has 1 aliphatic rings. The molecule has 2 amide bonds. The van der Waals surface area contributed by atoms with Crippen LogP contribution in [0.25, 0.3) is 5.57 Å². The van der Waals surface area contributed by atoms with Crippen LogP contribution in [0.2, 0.25) is 0 Å². The summed E-state index contributed by atoms with van der Waals surface area (Å²) in [4.78, 5) is 39.7. The average molecular weight is 468 g/mol. The van der Waals surface area contributed by atoms with Gasteiger partial charge in [-0.3, -0.25) is 14.4 Å². The van der Waals surface area contributed by atoms with Gasteiger partial charge in [0.15, 0.2) is 17.4 Å². The molecule has 0 spiro atoms. The van der Waals surface area contributed by atoms with Crippen LogP contribution >= 0.6 is 0 Å². The highest BCUT2D eigenvalue weighted by Crippen LogP contribution is 2.30. The second kappa shape index (κ2) is 9.30. The number of benzene rings is 3. The van der Waals surface area contributed by atoms with E-state index in [0.717, 1.165) is 35.2 Å². The van der Waals surface area contributed by atoms with Crippen molar-refractivity contribution in [1.29, 1.82) is 0 Å². The highest BCUT2D eigenvalue weighted by Gasteiger charge is 2.37. The van der Waals surface area contributed by atoms with Gasteiger partial charge in [0.05, 0.1) is 12.2 Å². The van der Waals surface area contributed by atoms with E-state index in [1.54, 1.807) is 30.3 Å². The lowest BCUT2D eigenvalue weighted by molar-refractivity contribution is -0.127. The largest absolute Gasteiger partial charge is 0.326 e. The van der Waals surface area contributed by atoms with Gasteiger partial charge in [0, 0.05) is 18.2 Å². The van der Waals surface area contributed by atoms with Crippen LogP contribution in [0.15, 0.2) is 72.3 Å². The number of amides is 2. The quantitative estimate of drug-likeness (QED) is 0.332. The topological polar surface area (TPSA) is 66.5 Å². The number of hydrogen-bond acceptors (Lipinski definition) is 3. The average Bonchev–Trinajstić information content (AvgIpc) is 3.13. The Morgan fingerprint density at radius 2 is 1.56 bits per heavy atom. The zero-order valence-electron chi connectivity index (χ0n) is 17.4. The summed E-state index contributed by atoms with van der Waals surface area (Å²) < 4.78 is 55.4. The molecule has 0 aromatic heterocycles. The Morgan fingerprint density at radius 1 is 0.882 bits per heavy atom. The van der Waals surface area contributed by atoms with E-state index in [0.29, 0.717) is 11.6 Å². The molecule has 5 nitrogen and oxygen atoms in total. The summed E-state index contributed by atoms with van der Waals surface area (Å²) in [6, 6.07) is 13.7. The van der Waals surface area contributed by atoms with Gasteiger partial charge in [-0.1, -0.05) is 36.4 Å². The number of hydrogen-bond donors (Lipinski definition) is 1. The number of nitrogens with zero attached hydrogens (tertiary/aromatic N) is 1. The van der Waals surface area contributed by atoms with Gasteiger partial charge in [0.1, 0.15) is 17.2 Å². The van der Waals surface area contributed by atoms with E-state index in [9.17, 15) is 31.9 Å². The second-order valence-corrected chi connectivity index (χ2v) is 7.52. The predicted octanol–water partition coefficient (Wildman–Crippen LogP) is 4.36. The lowest BCUT2D eigenvalue weighted by atomic mass is 10.0. The molecule has 0 aliphatic carbocycles. The first kappa shape index (κ1) is 22.9. The van der Waals surface area contributed by atoms with Crippen LogP contribution in [0, 0.1) is 23.3 Å². The number of nitrogens with one attached hydrogen (secondary N) is 1. The Labute approximate surface area is 191 Å². The van der Waals surface area contributed by atoms with Gasteiger partial charge in [0.25, 0.3) is 11.8 Å². The van der Waals surface area contributed by atoms with E-state index in [-0.39, 0.29) is 17.7 Å². The molecule has 0 bridgehead atoms. The molecular weight excluding hydrogens is 452 g/mol. The summed E-state index contributed by atoms with van der Waals surface area (Å²) in [5, 5.41) is 2.13. The van der Waals surface area contributed by atoms with Crippen LogP contribution in [-0.4, -0.2) is 35.6 Å². The fourth-order valence-electron chi connectivity index (χ4n) is 3.63. The number of Topliss-reactive ketones (excluding diaryl/α,β-unsaturated/α-hetero) is 1. The van der Waals surface area contributed by atoms with Crippen molar-refractivity contribution in [1.82, 2.24) is 4.90 Å². The van der Waals surface area contributed by atoms with Crippen LogP contribution in [-0.2, 0) is 9.59 Å². The Kier molecular flexibility index (Phi) is 6.27. The van der Waals surface area contributed by atoms with Gasteiger partial charge in [-0.05, 0) is 35.4 Å². The van der Waals surface area contributed by atoms with Gasteiger partial charge >= 0.3 is 0 Å². The highest BCUT2D eigenvalue weighted by atomic mass is 19.2. The van der Waals surface area contributed by atoms with Crippen molar-refractivity contribution in [2.75, 3.05) is 18.4 Å². The molecule has 0 radical (unpaired) electrons. The van der Waals surface area contributed by atoms with E-state index in [1.807, 2.05) is 0 Å². The fourth-order valence-corrected chi connectivity index (χ4v) is 3.63. The van der Waals surface area contributed by atoms with Gasteiger partial charge in [-0.25, -0.2) is 17.6 Å². The minimum atomic E-state index is -1.34. The smallest absolute Gasteiger partial charge is 0.261 e. The summed E-state index contributed by atoms with van der Waals surface area (Å²) in [7, 11) is 0. The summed E-state index contributed by atoms with van der Waals surface area (Å²) in [6.45, 7) is -0.704. The molecule has 0 saturated heterocycles. The molecule has 9 heteroatoms. The van der Waals surface area contributed by atoms with E-state index in [1.165, 1.54) is 0 Å². The van der Waals surface area contributed by atoms with Gasteiger partial charge < -0.3 is 10.2 Å². The Balaban J connectivity index is 1.70. The normalized spacial score (nSPS) is 13.4. The van der Waals surface area contributed by atoms with E-state index >= 15 is 0 Å². The molecule has 1 heterocycles. The van der Waals surface area contributed by atoms with Gasteiger partial charge in [-0.15, -0.1) is 0 Å². The zero-order valence-corrected chi connectivity index (χ0v) is 17.4. The highest BCUT2D eigenvalue weighted by molar-refractivity contribution is 6.30. The first-order valence-corrected chi connectivity index (χ1v) is 10.1. The Bertz CT molecular complexity index is 1320. The minimum Gasteiger partial charge on any atom is -0.326 e. The number of carbonyl (C=O) groups is 3. The number of halogens is 4. The second-order valence-electron chi connectivity index (χ2n) is 7.52. The minimum absolute atomic E-state index is 0.0569. The molecule has 1 N–H and O–H groups in total. The molecule has 0 fully saturated rings. The number of rotatable bonds is 6. The third-order valence-corrected chi connectivity index (χ3v) is 5.22. The van der Waals surface area contributed by atoms with Crippen molar-refractivity contribution in [2.45, 2.75) is 0 Å². The van der Waals surface area contributed by atoms with E-state index in [2.05, 4.69) is 5.32 Å². The molecule has 0 saturated carbocycles. The van der Waals surface area contributed by atoms with Crippen molar-refractivity contribution in [3.05, 3.63) is 107 Å². The third kappa shape index (κ3) is 4.59. The van der Waals surface area contributed by atoms with Crippen LogP contribution in [0.5, 0.6) is 0 Å². The number of ketones is 1. The van der Waals surface area contributed by atoms with Gasteiger partial charge in [0.2, 0.25) is 0 Å². The fraction of sp³-hybridized carbons (Fsp3) is 0.0800. The number of anilines is 1. The predicted molar refractivity (Wildman–Crippen MR) is 116 cm³/mol. The first-order valence-electron chi connectivity index (χ1n) is 10.1. The molecule has 0 atom stereocenters. The molecule has 3 aromatic carbocycles. The van der Waals surface area contributed by atoms with E-state index < -0.39 is 58.7 Å². The van der Waals surface area contributed by atoms with Crippen LogP contribution in [0.1, 0.15) is 15.9 Å². The maximum atomic E-state index is 14.1. The zero-order chi connectivity index (χ0) is 24.4. The lowest BCUT2D eigenvalue weighted by Crippen LogP contribution is -2.34. The van der Waals surface area contributed by atoms with Gasteiger partial charge in [-0.2, -0.15) is 0 Å². The molecular formula is C25H16F4N2O3. The molecule has 172 valence electrons. The first-order chi connectivity index (χ1) is 16.2. The maximum absolute atomic E-state index is 14.1. The molecule has 3 aromatic rings. The van der Waals surface area contributed by atoms with Crippen LogP contribution in [0.3, 0.4) is 0 Å². The van der Waals surface area contributed by atoms with Crippen molar-refractivity contribution >= 4 is 28.9 Å². The van der Waals surface area contributed by atoms with Crippen LogP contribution in [0.4, 0.5) is 23.2 Å². The van der Waals surface area contributed by atoms with E-state index in [4.69, 9.17) is 0 Å². The summed E-state index contributed by atoms with van der Waals surface area (Å²) in [5.41, 5.74) is -0.874. The Hall–Kier alpha value is -4.27. The summed E-state index contributed by atoms with van der Waals surface area (Å²) in [5.74, 6) is -6.85. The monoisotopic (exact) mass is 468 g/mol. The molecule has 1 aliphatic heterocycles. The SMILES string of the molecule is O=C(Nc1cccc(F)c1F)C1=C(c2cc(F)cc(F)c2)CN(CC(=O)c2ccccc2)C1=O. The summed E-state index contributed by atoms with van der Waals surface area (Å²) >= 11 is 0.